The molecule has 2 N–H and O–H groups in total. The van der Waals surface area contributed by atoms with Gasteiger partial charge in [-0.15, -0.1) is 0 Å². The lowest BCUT2D eigenvalue weighted by molar-refractivity contribution is -0.135. The molecule has 0 unspecified atom stereocenters. The lowest BCUT2D eigenvalue weighted by Gasteiger charge is -2.34. The number of carbonyl (C=O) groups is 1. The summed E-state index contributed by atoms with van der Waals surface area (Å²) in [6.45, 7) is 12.7. The maximum atomic E-state index is 12.9. The number of rotatable bonds is 10. The van der Waals surface area contributed by atoms with Crippen molar-refractivity contribution >= 4 is 38.9 Å². The third-order valence-electron chi connectivity index (χ3n) is 8.08. The van der Waals surface area contributed by atoms with E-state index >= 15 is 0 Å². The van der Waals surface area contributed by atoms with Crippen LogP contribution in [0.3, 0.4) is 0 Å². The number of nitrogens with one attached hydrogen (secondary N) is 2. The number of amides is 1. The van der Waals surface area contributed by atoms with E-state index < -0.39 is 15.1 Å². The smallest absolute Gasteiger partial charge is 0.229 e. The molecule has 3 heterocycles. The summed E-state index contributed by atoms with van der Waals surface area (Å²) in [5, 5.41) is 10.1. The number of carbonyl (C=O) groups excluding carboxylic acids is 1. The summed E-state index contributed by atoms with van der Waals surface area (Å²) in [7, 11) is -1.92. The number of hydrogen-bond acceptors (Lipinski definition) is 9. The summed E-state index contributed by atoms with van der Waals surface area (Å²) >= 11 is 0. The molecule has 5 rings (SSSR count). The van der Waals surface area contributed by atoms with Crippen LogP contribution in [0.4, 0.5) is 23.1 Å². The number of nitrogens with zero attached hydrogens (tertiary/aromatic N) is 5. The monoisotopic (exact) mass is 609 g/mol. The molecule has 12 heteroatoms. The van der Waals surface area contributed by atoms with Gasteiger partial charge in [0.1, 0.15) is 11.6 Å². The first-order chi connectivity index (χ1) is 20.3. The number of sulfone groups is 1. The first kappa shape index (κ1) is 30.8. The van der Waals surface area contributed by atoms with Crippen LogP contribution in [0.5, 0.6) is 5.75 Å². The van der Waals surface area contributed by atoms with Gasteiger partial charge in [-0.2, -0.15) is 10.1 Å². The molecule has 2 fully saturated rings. The molecule has 1 saturated carbocycles. The minimum absolute atomic E-state index is 0.0109. The number of likely N-dealkylation sites (tertiary alicyclic amines) is 1. The fourth-order valence-electron chi connectivity index (χ4n) is 5.34. The average Bonchev–Trinajstić information content (AvgIpc) is 3.70. The van der Waals surface area contributed by atoms with E-state index in [0.717, 1.165) is 61.3 Å². The Balaban J connectivity index is 1.39. The standard InChI is InChI=1S/C31H43N7O4S/c1-18(2)30(39)38-12-10-22(11-13-38)24-15-27(42-23-8-9-23)25(14-20(24)5)34-31-32-16-21(6)28(35-31)33-26-17-37(7)36-29(26)43(40,41)19(3)4/h14-19,22-23H,8-13H2,1-7H3,(H2,32,33,34,35). The number of hydrogen-bond donors (Lipinski definition) is 2. The fourth-order valence-corrected chi connectivity index (χ4v) is 6.44. The number of anilines is 4. The molecular weight excluding hydrogens is 566 g/mol. The van der Waals surface area contributed by atoms with Crippen molar-refractivity contribution in [3.63, 3.8) is 0 Å². The van der Waals surface area contributed by atoms with Crippen molar-refractivity contribution in [3.05, 3.63) is 41.2 Å². The van der Waals surface area contributed by atoms with Crippen LogP contribution in [-0.4, -0.2) is 63.4 Å². The number of benzene rings is 1. The molecule has 43 heavy (non-hydrogen) atoms. The number of aryl methyl sites for hydroxylation is 3. The maximum absolute atomic E-state index is 12.9. The number of aromatic nitrogens is 4. The summed E-state index contributed by atoms with van der Waals surface area (Å²) in [6, 6.07) is 4.23. The zero-order chi connectivity index (χ0) is 31.1. The first-order valence-electron chi connectivity index (χ1n) is 15.1. The van der Waals surface area contributed by atoms with Gasteiger partial charge in [0.25, 0.3) is 0 Å². The predicted molar refractivity (Wildman–Crippen MR) is 167 cm³/mol. The van der Waals surface area contributed by atoms with E-state index in [2.05, 4.69) is 39.8 Å². The molecule has 2 aliphatic rings. The van der Waals surface area contributed by atoms with Crippen molar-refractivity contribution in [2.24, 2.45) is 13.0 Å². The second-order valence-corrected chi connectivity index (χ2v) is 14.8. The second kappa shape index (κ2) is 12.1. The quantitative estimate of drug-likeness (QED) is 0.310. The fraction of sp³-hybridized carbons (Fsp3) is 0.548. The maximum Gasteiger partial charge on any atom is 0.229 e. The second-order valence-electron chi connectivity index (χ2n) is 12.4. The van der Waals surface area contributed by atoms with Crippen LogP contribution in [-0.2, 0) is 21.7 Å². The lowest BCUT2D eigenvalue weighted by Crippen LogP contribution is -2.40. The van der Waals surface area contributed by atoms with Crippen LogP contribution >= 0.6 is 0 Å². The van der Waals surface area contributed by atoms with Crippen molar-refractivity contribution in [1.82, 2.24) is 24.6 Å². The van der Waals surface area contributed by atoms with Gasteiger partial charge >= 0.3 is 0 Å². The van der Waals surface area contributed by atoms with E-state index in [1.54, 1.807) is 33.3 Å². The summed E-state index contributed by atoms with van der Waals surface area (Å²) in [6.07, 6.45) is 7.43. The molecule has 0 atom stereocenters. The molecule has 3 aromatic rings. The van der Waals surface area contributed by atoms with E-state index in [1.165, 1.54) is 10.2 Å². The van der Waals surface area contributed by atoms with E-state index in [4.69, 9.17) is 9.72 Å². The van der Waals surface area contributed by atoms with Gasteiger partial charge in [-0.1, -0.05) is 13.8 Å². The SMILES string of the molecule is Cc1cc(Nc2ncc(C)c(Nc3cn(C)nc3S(=O)(=O)C(C)C)n2)c(OC2CC2)cc1C1CCN(C(=O)C(C)C)CC1. The highest BCUT2D eigenvalue weighted by atomic mass is 32.2. The van der Waals surface area contributed by atoms with Crippen molar-refractivity contribution in [3.8, 4) is 5.75 Å². The predicted octanol–water partition coefficient (Wildman–Crippen LogP) is 5.40. The highest BCUT2D eigenvalue weighted by Crippen LogP contribution is 2.40. The Bertz CT molecular complexity index is 1600. The van der Waals surface area contributed by atoms with Crippen molar-refractivity contribution < 1.29 is 17.9 Å². The first-order valence-corrected chi connectivity index (χ1v) is 16.6. The van der Waals surface area contributed by atoms with Gasteiger partial charge in [0.2, 0.25) is 26.7 Å². The lowest BCUT2D eigenvalue weighted by atomic mass is 9.86. The van der Waals surface area contributed by atoms with Crippen LogP contribution in [0, 0.1) is 19.8 Å². The highest BCUT2D eigenvalue weighted by molar-refractivity contribution is 7.92. The minimum atomic E-state index is -3.61. The zero-order valence-electron chi connectivity index (χ0n) is 26.1. The third-order valence-corrected chi connectivity index (χ3v) is 10.2. The molecule has 0 bridgehead atoms. The van der Waals surface area contributed by atoms with Crippen molar-refractivity contribution in [1.29, 1.82) is 0 Å². The Hall–Kier alpha value is -3.67. The molecule has 1 amide bonds. The van der Waals surface area contributed by atoms with E-state index in [-0.39, 0.29) is 23.0 Å². The Labute approximate surface area is 254 Å². The molecule has 1 saturated heterocycles. The molecule has 1 aliphatic carbocycles. The van der Waals surface area contributed by atoms with Crippen molar-refractivity contribution in [2.75, 3.05) is 23.7 Å². The molecule has 1 aliphatic heterocycles. The van der Waals surface area contributed by atoms with E-state index in [1.807, 2.05) is 25.7 Å². The van der Waals surface area contributed by atoms with E-state index in [9.17, 15) is 13.2 Å². The summed E-state index contributed by atoms with van der Waals surface area (Å²) < 4.78 is 33.7. The summed E-state index contributed by atoms with van der Waals surface area (Å²) in [5.74, 6) is 2.20. The van der Waals surface area contributed by atoms with Crippen LogP contribution in [0.25, 0.3) is 0 Å². The highest BCUT2D eigenvalue weighted by Gasteiger charge is 2.30. The Kier molecular flexibility index (Phi) is 8.69. The van der Waals surface area contributed by atoms with Gasteiger partial charge in [-0.3, -0.25) is 9.48 Å². The van der Waals surface area contributed by atoms with Crippen molar-refractivity contribution in [2.45, 2.75) is 89.5 Å². The molecule has 11 nitrogen and oxygen atoms in total. The van der Waals surface area contributed by atoms with Crippen LogP contribution in [0.2, 0.25) is 0 Å². The van der Waals surface area contributed by atoms with Crippen LogP contribution in [0.1, 0.15) is 76.0 Å². The Morgan fingerprint density at radius 2 is 1.70 bits per heavy atom. The molecule has 2 aromatic heterocycles. The van der Waals surface area contributed by atoms with Gasteiger partial charge in [-0.25, -0.2) is 13.4 Å². The summed E-state index contributed by atoms with van der Waals surface area (Å²) in [4.78, 5) is 23.7. The molecule has 0 radical (unpaired) electrons. The van der Waals surface area contributed by atoms with Crippen LogP contribution < -0.4 is 15.4 Å². The molecule has 0 spiro atoms. The Morgan fingerprint density at radius 3 is 2.33 bits per heavy atom. The molecular formula is C31H43N7O4S. The third kappa shape index (κ3) is 6.79. The normalized spacial score (nSPS) is 16.2. The van der Waals surface area contributed by atoms with Gasteiger partial charge in [0.15, 0.2) is 0 Å². The zero-order valence-corrected chi connectivity index (χ0v) is 27.0. The minimum Gasteiger partial charge on any atom is -0.488 e. The Morgan fingerprint density at radius 1 is 1.00 bits per heavy atom. The van der Waals surface area contributed by atoms with Gasteiger partial charge in [0, 0.05) is 44.0 Å². The molecule has 1 aromatic carbocycles. The number of piperidine rings is 1. The largest absolute Gasteiger partial charge is 0.488 e. The topological polar surface area (TPSA) is 131 Å². The van der Waals surface area contributed by atoms with Gasteiger partial charge < -0.3 is 20.3 Å². The van der Waals surface area contributed by atoms with Gasteiger partial charge in [0.05, 0.1) is 22.7 Å². The van der Waals surface area contributed by atoms with Crippen LogP contribution in [0.15, 0.2) is 29.6 Å². The van der Waals surface area contributed by atoms with E-state index in [0.29, 0.717) is 23.4 Å². The molecule has 232 valence electrons. The average molecular weight is 610 g/mol. The number of ether oxygens (including phenoxy) is 1. The van der Waals surface area contributed by atoms with Gasteiger partial charge in [-0.05, 0) is 82.6 Å². The summed E-state index contributed by atoms with van der Waals surface area (Å²) in [5.41, 5.74) is 4.29.